The van der Waals surface area contributed by atoms with Crippen LogP contribution in [0.3, 0.4) is 0 Å². The fourth-order valence-corrected chi connectivity index (χ4v) is 3.48. The first-order valence-corrected chi connectivity index (χ1v) is 10.6. The Morgan fingerprint density at radius 2 is 1.52 bits per heavy atom. The largest absolute Gasteiger partial charge is 0.490 e. The van der Waals surface area contributed by atoms with E-state index in [1.807, 2.05) is 78.9 Å². The molecule has 3 aromatic carbocycles. The molecule has 4 rings (SSSR count). The van der Waals surface area contributed by atoms with Crippen molar-refractivity contribution in [3.63, 3.8) is 0 Å². The number of ether oxygens (including phenoxy) is 3. The molecule has 7 heteroatoms. The van der Waals surface area contributed by atoms with Crippen molar-refractivity contribution in [1.82, 2.24) is 10.6 Å². The summed E-state index contributed by atoms with van der Waals surface area (Å²) in [5.74, 6) is 1.45. The lowest BCUT2D eigenvalue weighted by atomic mass is 9.95. The molecule has 0 saturated carbocycles. The SMILES string of the molecule is CC1=C(C(=O)OCCOc2ccccc2)[C@H](c2cccc(Oc3ccccc3)c2)NC(=O)N1. The van der Waals surface area contributed by atoms with Crippen LogP contribution in [-0.2, 0) is 9.53 Å². The molecular formula is C26H24N2O5. The fraction of sp³-hybridized carbons (Fsp3) is 0.154. The molecule has 0 aliphatic carbocycles. The smallest absolute Gasteiger partial charge is 0.338 e. The number of hydrogen-bond donors (Lipinski definition) is 2. The summed E-state index contributed by atoms with van der Waals surface area (Å²) in [6.45, 7) is 1.96. The highest BCUT2D eigenvalue weighted by Crippen LogP contribution is 2.31. The maximum atomic E-state index is 12.9. The number of allylic oxidation sites excluding steroid dienone is 1. The third-order valence-corrected chi connectivity index (χ3v) is 4.99. The summed E-state index contributed by atoms with van der Waals surface area (Å²) >= 11 is 0. The van der Waals surface area contributed by atoms with Gasteiger partial charge in [-0.1, -0.05) is 48.5 Å². The number of hydrogen-bond acceptors (Lipinski definition) is 5. The van der Waals surface area contributed by atoms with Crippen molar-refractivity contribution in [1.29, 1.82) is 0 Å². The van der Waals surface area contributed by atoms with Gasteiger partial charge in [-0.2, -0.15) is 0 Å². The minimum absolute atomic E-state index is 0.0718. The van der Waals surface area contributed by atoms with E-state index in [2.05, 4.69) is 10.6 Å². The van der Waals surface area contributed by atoms with Crippen molar-refractivity contribution in [3.05, 3.63) is 102 Å². The zero-order valence-corrected chi connectivity index (χ0v) is 18.1. The summed E-state index contributed by atoms with van der Waals surface area (Å²) in [4.78, 5) is 25.1. The molecule has 0 aromatic heterocycles. The van der Waals surface area contributed by atoms with Gasteiger partial charge in [-0.15, -0.1) is 0 Å². The van der Waals surface area contributed by atoms with Crippen LogP contribution < -0.4 is 20.1 Å². The second kappa shape index (κ2) is 10.4. The van der Waals surface area contributed by atoms with Crippen LogP contribution in [0.2, 0.25) is 0 Å². The molecule has 3 aromatic rings. The number of carbonyl (C=O) groups excluding carboxylic acids is 2. The van der Waals surface area contributed by atoms with Crippen LogP contribution in [-0.4, -0.2) is 25.2 Å². The Labute approximate surface area is 192 Å². The number of nitrogens with one attached hydrogen (secondary N) is 2. The van der Waals surface area contributed by atoms with Crippen LogP contribution >= 0.6 is 0 Å². The molecule has 0 saturated heterocycles. The predicted molar refractivity (Wildman–Crippen MR) is 123 cm³/mol. The summed E-state index contributed by atoms with van der Waals surface area (Å²) in [7, 11) is 0. The number of esters is 1. The van der Waals surface area contributed by atoms with E-state index in [0.29, 0.717) is 34.1 Å². The van der Waals surface area contributed by atoms with Crippen LogP contribution in [0.5, 0.6) is 17.2 Å². The lowest BCUT2D eigenvalue weighted by Crippen LogP contribution is -2.45. The van der Waals surface area contributed by atoms with E-state index in [9.17, 15) is 9.59 Å². The van der Waals surface area contributed by atoms with Gasteiger partial charge in [0.05, 0.1) is 11.6 Å². The summed E-state index contributed by atoms with van der Waals surface area (Å²) in [5.41, 5.74) is 1.46. The highest BCUT2D eigenvalue weighted by atomic mass is 16.6. The molecule has 0 spiro atoms. The third kappa shape index (κ3) is 5.71. The van der Waals surface area contributed by atoms with Crippen molar-refractivity contribution >= 4 is 12.0 Å². The van der Waals surface area contributed by atoms with Gasteiger partial charge in [-0.25, -0.2) is 9.59 Å². The molecule has 0 radical (unpaired) electrons. The number of carbonyl (C=O) groups is 2. The first kappa shape index (κ1) is 22.0. The van der Waals surface area contributed by atoms with Crippen molar-refractivity contribution in [2.75, 3.05) is 13.2 Å². The minimum atomic E-state index is -0.680. The molecule has 0 fully saturated rings. The van der Waals surface area contributed by atoms with Crippen molar-refractivity contribution < 1.29 is 23.8 Å². The molecule has 0 unspecified atom stereocenters. The Morgan fingerprint density at radius 1 is 0.848 bits per heavy atom. The van der Waals surface area contributed by atoms with E-state index >= 15 is 0 Å². The van der Waals surface area contributed by atoms with Crippen LogP contribution in [0.25, 0.3) is 0 Å². The van der Waals surface area contributed by atoms with E-state index in [-0.39, 0.29) is 13.2 Å². The van der Waals surface area contributed by atoms with Crippen molar-refractivity contribution in [2.24, 2.45) is 0 Å². The fourth-order valence-electron chi connectivity index (χ4n) is 3.48. The Balaban J connectivity index is 1.47. The van der Waals surface area contributed by atoms with E-state index in [0.717, 1.165) is 0 Å². The average Bonchev–Trinajstić information content (AvgIpc) is 2.83. The average molecular weight is 444 g/mol. The predicted octanol–water partition coefficient (Wildman–Crippen LogP) is 4.73. The number of rotatable bonds is 8. The molecule has 168 valence electrons. The normalized spacial score (nSPS) is 15.3. The Kier molecular flexibility index (Phi) is 6.90. The number of amides is 2. The van der Waals surface area contributed by atoms with Crippen LogP contribution in [0.4, 0.5) is 4.79 Å². The highest BCUT2D eigenvalue weighted by molar-refractivity contribution is 5.95. The molecule has 2 amide bonds. The lowest BCUT2D eigenvalue weighted by Gasteiger charge is -2.28. The highest BCUT2D eigenvalue weighted by Gasteiger charge is 2.32. The first-order chi connectivity index (χ1) is 16.1. The van der Waals surface area contributed by atoms with Crippen LogP contribution in [0, 0.1) is 0 Å². The van der Waals surface area contributed by atoms with Gasteiger partial charge in [-0.3, -0.25) is 0 Å². The van der Waals surface area contributed by atoms with Gasteiger partial charge in [0.1, 0.15) is 30.5 Å². The summed E-state index contributed by atoms with van der Waals surface area (Å²) in [6, 6.07) is 24.8. The number of benzene rings is 3. The second-order valence-electron chi connectivity index (χ2n) is 7.36. The molecular weight excluding hydrogens is 420 g/mol. The Hall–Kier alpha value is -4.26. The third-order valence-electron chi connectivity index (χ3n) is 4.99. The lowest BCUT2D eigenvalue weighted by molar-refractivity contribution is -0.140. The van der Waals surface area contributed by atoms with Gasteiger partial charge in [0.2, 0.25) is 0 Å². The Morgan fingerprint density at radius 3 is 2.24 bits per heavy atom. The van der Waals surface area contributed by atoms with Crippen LogP contribution in [0.15, 0.2) is 96.2 Å². The van der Waals surface area contributed by atoms with E-state index in [1.165, 1.54) is 0 Å². The summed E-state index contributed by atoms with van der Waals surface area (Å²) < 4.78 is 16.9. The molecule has 0 bridgehead atoms. The number of urea groups is 1. The maximum Gasteiger partial charge on any atom is 0.338 e. The van der Waals surface area contributed by atoms with Gasteiger partial charge < -0.3 is 24.8 Å². The van der Waals surface area contributed by atoms with Gasteiger partial charge >= 0.3 is 12.0 Å². The minimum Gasteiger partial charge on any atom is -0.490 e. The summed E-state index contributed by atoms with van der Waals surface area (Å²) in [6.07, 6.45) is 0. The topological polar surface area (TPSA) is 85.9 Å². The van der Waals surface area contributed by atoms with Crippen molar-refractivity contribution in [2.45, 2.75) is 13.0 Å². The monoisotopic (exact) mass is 444 g/mol. The second-order valence-corrected chi connectivity index (χ2v) is 7.36. The molecule has 1 atom stereocenters. The van der Waals surface area contributed by atoms with Gasteiger partial charge in [0.15, 0.2) is 0 Å². The van der Waals surface area contributed by atoms with E-state index in [4.69, 9.17) is 14.2 Å². The Bertz CT molecular complexity index is 1150. The molecule has 1 aliphatic heterocycles. The van der Waals surface area contributed by atoms with Gasteiger partial charge in [0, 0.05) is 5.70 Å². The number of para-hydroxylation sites is 2. The van der Waals surface area contributed by atoms with E-state index < -0.39 is 18.0 Å². The zero-order valence-electron chi connectivity index (χ0n) is 18.1. The maximum absolute atomic E-state index is 12.9. The summed E-state index contributed by atoms with van der Waals surface area (Å²) in [5, 5.41) is 5.45. The first-order valence-electron chi connectivity index (χ1n) is 10.6. The standard InChI is InChI=1S/C26H24N2O5/c1-18-23(25(29)32-16-15-31-20-10-4-2-5-11-20)24(28-26(30)27-18)19-9-8-14-22(17-19)33-21-12-6-3-7-13-21/h2-14,17,24H,15-16H2,1H3,(H2,27,28,30)/t24-/m0/s1. The van der Waals surface area contributed by atoms with Crippen molar-refractivity contribution in [3.8, 4) is 17.2 Å². The van der Waals surface area contributed by atoms with E-state index in [1.54, 1.807) is 13.0 Å². The molecule has 1 heterocycles. The van der Waals surface area contributed by atoms with Gasteiger partial charge in [-0.05, 0) is 48.9 Å². The van der Waals surface area contributed by atoms with Gasteiger partial charge in [0.25, 0.3) is 0 Å². The molecule has 1 aliphatic rings. The molecule has 2 N–H and O–H groups in total. The quantitative estimate of drug-likeness (QED) is 0.388. The molecule has 33 heavy (non-hydrogen) atoms. The molecule has 7 nitrogen and oxygen atoms in total. The zero-order chi connectivity index (χ0) is 23.0. The van der Waals surface area contributed by atoms with Crippen LogP contribution in [0.1, 0.15) is 18.5 Å².